The topological polar surface area (TPSA) is 55.2 Å². The number of imide groups is 1. The Labute approximate surface area is 227 Å². The maximum Gasteiger partial charge on any atom is 0.241 e. The van der Waals surface area contributed by atoms with Gasteiger partial charge in [0, 0.05) is 10.8 Å². The van der Waals surface area contributed by atoms with Crippen LogP contribution in [0.3, 0.4) is 0 Å². The van der Waals surface area contributed by atoms with Crippen molar-refractivity contribution in [3.8, 4) is 5.69 Å². The van der Waals surface area contributed by atoms with Crippen LogP contribution in [0, 0.1) is 19.8 Å². The smallest absolute Gasteiger partial charge is 0.241 e. The van der Waals surface area contributed by atoms with Crippen LogP contribution in [-0.2, 0) is 27.0 Å². The number of nitrogens with zero attached hydrogens (tertiary/aromatic N) is 3. The Morgan fingerprint density at radius 3 is 2.21 bits per heavy atom. The van der Waals surface area contributed by atoms with E-state index in [9.17, 15) is 9.59 Å². The Morgan fingerprint density at radius 1 is 0.846 bits per heavy atom. The third-order valence-electron chi connectivity index (χ3n) is 9.02. The van der Waals surface area contributed by atoms with E-state index in [0.29, 0.717) is 0 Å². The van der Waals surface area contributed by atoms with Crippen molar-refractivity contribution in [1.29, 1.82) is 0 Å². The Morgan fingerprint density at radius 2 is 1.51 bits per heavy atom. The molecule has 2 amide bonds. The average molecular weight is 512 g/mol. The number of benzene rings is 4. The Kier molecular flexibility index (Phi) is 4.99. The summed E-state index contributed by atoms with van der Waals surface area (Å²) in [5, 5.41) is 5.65. The van der Waals surface area contributed by atoms with Gasteiger partial charge in [-0.1, -0.05) is 85.3 Å². The second-order valence-electron chi connectivity index (χ2n) is 11.1. The highest BCUT2D eigenvalue weighted by Crippen LogP contribution is 2.74. The van der Waals surface area contributed by atoms with Crippen LogP contribution in [0.5, 0.6) is 0 Å². The zero-order valence-electron chi connectivity index (χ0n) is 22.3. The average Bonchev–Trinajstić information content (AvgIpc) is 3.17. The van der Waals surface area contributed by atoms with Crippen LogP contribution in [0.1, 0.15) is 34.7 Å². The summed E-state index contributed by atoms with van der Waals surface area (Å²) in [6.07, 6.45) is 1.86. The Hall–Kier alpha value is -4.51. The minimum Gasteiger partial charge on any atom is -0.277 e. The summed E-state index contributed by atoms with van der Waals surface area (Å²) in [6, 6.07) is 32.3. The fourth-order valence-electron chi connectivity index (χ4n) is 7.01. The number of likely N-dealkylation sites (tertiary alicyclic amines) is 1. The maximum atomic E-state index is 14.5. The van der Waals surface area contributed by atoms with Gasteiger partial charge < -0.3 is 0 Å². The van der Waals surface area contributed by atoms with Crippen LogP contribution in [0.2, 0.25) is 0 Å². The quantitative estimate of drug-likeness (QED) is 0.271. The largest absolute Gasteiger partial charge is 0.277 e. The maximum absolute atomic E-state index is 14.5. The number of carbonyl (C=O) groups is 2. The number of aryl methyl sites for hydroxylation is 2. The molecule has 0 bridgehead atoms. The molecule has 0 N–H and O–H groups in total. The van der Waals surface area contributed by atoms with Gasteiger partial charge in [-0.2, -0.15) is 5.10 Å². The number of hydrogen-bond acceptors (Lipinski definition) is 3. The molecule has 1 aromatic heterocycles. The number of fused-ring (bicyclic) bond motifs is 2. The van der Waals surface area contributed by atoms with Crippen molar-refractivity contribution in [1.82, 2.24) is 14.7 Å². The summed E-state index contributed by atoms with van der Waals surface area (Å²) in [6.45, 7) is 6.49. The van der Waals surface area contributed by atoms with E-state index in [1.807, 2.05) is 71.5 Å². The van der Waals surface area contributed by atoms with E-state index >= 15 is 0 Å². The SMILES string of the molecule is Cc1ccc(-n2ncc3cc(C45C(=O)N(Cc6ccccc6)C(=O)C4C5(C)c4ccccc4)c(C)cc32)cc1. The zero-order valence-corrected chi connectivity index (χ0v) is 22.3. The van der Waals surface area contributed by atoms with Gasteiger partial charge in [-0.25, -0.2) is 4.68 Å². The van der Waals surface area contributed by atoms with Gasteiger partial charge in [0.1, 0.15) is 0 Å². The lowest BCUT2D eigenvalue weighted by Crippen LogP contribution is -2.42. The molecule has 0 spiro atoms. The number of carbonyl (C=O) groups excluding carboxylic acids is 2. The molecule has 1 aliphatic carbocycles. The van der Waals surface area contributed by atoms with E-state index < -0.39 is 16.7 Å². The fourth-order valence-corrected chi connectivity index (χ4v) is 7.01. The predicted molar refractivity (Wildman–Crippen MR) is 152 cm³/mol. The molecule has 3 unspecified atom stereocenters. The summed E-state index contributed by atoms with van der Waals surface area (Å²) in [5.41, 5.74) is 5.46. The van der Waals surface area contributed by atoms with Gasteiger partial charge in [0.2, 0.25) is 11.8 Å². The standard InChI is InChI=1S/C34H29N3O2/c1-22-14-16-27(17-15-22)37-29-18-23(2)28(19-25(29)20-35-37)34-30(33(34,3)26-12-8-5-9-13-26)31(38)36(32(34)39)21-24-10-6-4-7-11-24/h4-20,30H,21H2,1-3H3. The van der Waals surface area contributed by atoms with E-state index in [0.717, 1.165) is 38.8 Å². The van der Waals surface area contributed by atoms with Crippen LogP contribution in [0.15, 0.2) is 103 Å². The molecule has 1 aliphatic heterocycles. The van der Waals surface area contributed by atoms with Crippen LogP contribution in [0.4, 0.5) is 0 Å². The molecule has 2 aliphatic rings. The number of piperidine rings is 1. The molecular formula is C34H29N3O2. The summed E-state index contributed by atoms with van der Waals surface area (Å²) in [4.78, 5) is 30.0. The summed E-state index contributed by atoms with van der Waals surface area (Å²) in [7, 11) is 0. The second kappa shape index (κ2) is 8.24. The van der Waals surface area contributed by atoms with Gasteiger partial charge in [0.15, 0.2) is 0 Å². The highest BCUT2D eigenvalue weighted by Gasteiger charge is 2.87. The fraction of sp³-hybridized carbons (Fsp3) is 0.206. The molecule has 192 valence electrons. The van der Waals surface area contributed by atoms with Crippen molar-refractivity contribution in [2.24, 2.45) is 5.92 Å². The predicted octanol–water partition coefficient (Wildman–Crippen LogP) is 6.04. The molecule has 1 saturated heterocycles. The van der Waals surface area contributed by atoms with E-state index in [1.54, 1.807) is 0 Å². The van der Waals surface area contributed by atoms with Gasteiger partial charge in [0.05, 0.1) is 35.3 Å². The zero-order chi connectivity index (χ0) is 26.9. The third-order valence-corrected chi connectivity index (χ3v) is 9.02. The van der Waals surface area contributed by atoms with Crippen molar-refractivity contribution in [3.05, 3.63) is 131 Å². The lowest BCUT2D eigenvalue weighted by atomic mass is 9.79. The first-order chi connectivity index (χ1) is 18.9. The Balaban J connectivity index is 1.39. The first-order valence-corrected chi connectivity index (χ1v) is 13.4. The van der Waals surface area contributed by atoms with Crippen molar-refractivity contribution < 1.29 is 9.59 Å². The molecule has 5 aromatic rings. The van der Waals surface area contributed by atoms with Crippen LogP contribution < -0.4 is 0 Å². The number of aromatic nitrogens is 2. The molecule has 7 rings (SSSR count). The number of amides is 2. The van der Waals surface area contributed by atoms with Crippen molar-refractivity contribution in [3.63, 3.8) is 0 Å². The highest BCUT2D eigenvalue weighted by atomic mass is 16.2. The van der Waals surface area contributed by atoms with Gasteiger partial charge in [-0.3, -0.25) is 14.5 Å². The van der Waals surface area contributed by atoms with E-state index in [1.165, 1.54) is 10.5 Å². The lowest BCUT2D eigenvalue weighted by Gasteiger charge is -2.29. The third kappa shape index (κ3) is 3.10. The highest BCUT2D eigenvalue weighted by molar-refractivity contribution is 6.18. The summed E-state index contributed by atoms with van der Waals surface area (Å²) >= 11 is 0. The molecule has 3 atom stereocenters. The van der Waals surface area contributed by atoms with Crippen molar-refractivity contribution in [2.45, 2.75) is 38.1 Å². The first-order valence-electron chi connectivity index (χ1n) is 13.4. The molecule has 0 radical (unpaired) electrons. The second-order valence-corrected chi connectivity index (χ2v) is 11.1. The van der Waals surface area contributed by atoms with E-state index in [2.05, 4.69) is 57.2 Å². The molecule has 5 heteroatoms. The molecule has 2 heterocycles. The summed E-state index contributed by atoms with van der Waals surface area (Å²) < 4.78 is 1.94. The lowest BCUT2D eigenvalue weighted by molar-refractivity contribution is -0.143. The Bertz CT molecular complexity index is 1760. The van der Waals surface area contributed by atoms with E-state index in [-0.39, 0.29) is 18.4 Å². The van der Waals surface area contributed by atoms with Gasteiger partial charge in [-0.15, -0.1) is 0 Å². The normalized spacial score (nSPS) is 23.9. The minimum absolute atomic E-state index is 0.0925. The molecule has 2 fully saturated rings. The molecule has 4 aromatic carbocycles. The monoisotopic (exact) mass is 511 g/mol. The van der Waals surface area contributed by atoms with Crippen LogP contribution >= 0.6 is 0 Å². The molecule has 1 saturated carbocycles. The first kappa shape index (κ1) is 23.6. The van der Waals surface area contributed by atoms with Crippen LogP contribution in [-0.4, -0.2) is 26.5 Å². The summed E-state index contributed by atoms with van der Waals surface area (Å²) in [5.74, 6) is -0.655. The molecule has 39 heavy (non-hydrogen) atoms. The molecular weight excluding hydrogens is 482 g/mol. The van der Waals surface area contributed by atoms with Gasteiger partial charge >= 0.3 is 0 Å². The van der Waals surface area contributed by atoms with Gasteiger partial charge in [-0.05, 0) is 60.4 Å². The van der Waals surface area contributed by atoms with E-state index in [4.69, 9.17) is 5.10 Å². The van der Waals surface area contributed by atoms with Gasteiger partial charge in [0.25, 0.3) is 0 Å². The van der Waals surface area contributed by atoms with Crippen LogP contribution in [0.25, 0.3) is 16.6 Å². The minimum atomic E-state index is -0.954. The van der Waals surface area contributed by atoms with Crippen molar-refractivity contribution >= 4 is 22.7 Å². The number of rotatable bonds is 5. The molecule has 5 nitrogen and oxygen atoms in total. The van der Waals surface area contributed by atoms with Crippen molar-refractivity contribution in [2.75, 3.05) is 0 Å². The number of hydrogen-bond donors (Lipinski definition) is 0.